The Morgan fingerprint density at radius 2 is 1.64 bits per heavy atom. The molecule has 1 heterocycles. The smallest absolute Gasteiger partial charge is 0.333 e. The summed E-state index contributed by atoms with van der Waals surface area (Å²) in [5.41, 5.74) is 0.463. The molecule has 1 N–H and O–H groups in total. The van der Waals surface area contributed by atoms with Gasteiger partial charge in [0.15, 0.2) is 0 Å². The Hall–Kier alpha value is -1.89. The molecular formula is C26H51N3O4. The molecule has 7 nitrogen and oxygen atoms in total. The summed E-state index contributed by atoms with van der Waals surface area (Å²) in [6.45, 7) is 19.8. The van der Waals surface area contributed by atoms with Gasteiger partial charge in [-0.3, -0.25) is 14.5 Å². The lowest BCUT2D eigenvalue weighted by Crippen LogP contribution is -2.53. The zero-order chi connectivity index (χ0) is 26.0. The van der Waals surface area contributed by atoms with Gasteiger partial charge in [-0.15, -0.1) is 0 Å². The molecule has 0 spiro atoms. The second kappa shape index (κ2) is 19.6. The number of nitrogens with zero attached hydrogens (tertiary/aromatic N) is 2. The van der Waals surface area contributed by atoms with Gasteiger partial charge in [-0.1, -0.05) is 53.5 Å². The van der Waals surface area contributed by atoms with Gasteiger partial charge in [0.2, 0.25) is 11.8 Å². The van der Waals surface area contributed by atoms with Gasteiger partial charge < -0.3 is 15.0 Å². The van der Waals surface area contributed by atoms with E-state index in [4.69, 9.17) is 4.74 Å². The number of likely N-dealkylation sites (tertiary alicyclic amines) is 1. The molecule has 1 aliphatic rings. The van der Waals surface area contributed by atoms with Crippen molar-refractivity contribution in [1.29, 1.82) is 0 Å². The molecule has 1 rings (SSSR count). The fraction of sp³-hybridized carbons (Fsp3) is 0.808. The molecule has 33 heavy (non-hydrogen) atoms. The minimum absolute atomic E-state index is 0.0376. The number of ether oxygens (including phenoxy) is 1. The highest BCUT2D eigenvalue weighted by Crippen LogP contribution is 2.19. The molecule has 0 radical (unpaired) electrons. The van der Waals surface area contributed by atoms with Gasteiger partial charge >= 0.3 is 5.97 Å². The SMILES string of the molecule is CC(C)C.CCC.CCOC(=O)/C(C)=C/CN(C)C(=O)CNC(=O)C1CCCCN1C(C)C. The Balaban J connectivity index is 0. The third-order valence-corrected chi connectivity index (χ3v) is 4.62. The predicted molar refractivity (Wildman–Crippen MR) is 137 cm³/mol. The van der Waals surface area contributed by atoms with Crippen LogP contribution >= 0.6 is 0 Å². The Morgan fingerprint density at radius 3 is 2.12 bits per heavy atom. The van der Waals surface area contributed by atoms with Crippen molar-refractivity contribution in [3.63, 3.8) is 0 Å². The molecule has 0 aromatic rings. The van der Waals surface area contributed by atoms with Crippen LogP contribution in [0.4, 0.5) is 0 Å². The van der Waals surface area contributed by atoms with E-state index < -0.39 is 0 Å². The second-order valence-corrected chi connectivity index (χ2v) is 9.38. The number of hydrogen-bond acceptors (Lipinski definition) is 5. The number of amides is 2. The Labute approximate surface area is 203 Å². The minimum Gasteiger partial charge on any atom is -0.463 e. The first kappa shape index (κ1) is 33.3. The molecule has 1 atom stereocenters. The quantitative estimate of drug-likeness (QED) is 0.421. The zero-order valence-corrected chi connectivity index (χ0v) is 23.0. The van der Waals surface area contributed by atoms with Gasteiger partial charge in [0.05, 0.1) is 19.2 Å². The molecule has 0 bridgehead atoms. The number of piperidine rings is 1. The monoisotopic (exact) mass is 469 g/mol. The van der Waals surface area contributed by atoms with E-state index in [1.165, 1.54) is 11.3 Å². The molecule has 1 aliphatic heterocycles. The zero-order valence-electron chi connectivity index (χ0n) is 23.0. The normalized spacial score (nSPS) is 16.2. The van der Waals surface area contributed by atoms with Gasteiger partial charge in [0.25, 0.3) is 0 Å². The molecule has 0 saturated carbocycles. The van der Waals surface area contributed by atoms with Crippen molar-refractivity contribution in [1.82, 2.24) is 15.1 Å². The maximum Gasteiger partial charge on any atom is 0.333 e. The summed E-state index contributed by atoms with van der Waals surface area (Å²) in [4.78, 5) is 39.9. The highest BCUT2D eigenvalue weighted by atomic mass is 16.5. The van der Waals surface area contributed by atoms with Crippen LogP contribution in [0.5, 0.6) is 0 Å². The standard InChI is InChI=1S/C19H33N3O4.C4H10.C3H8/c1-6-26-19(25)15(4)10-12-21(5)17(23)13-20-18(24)16-9-7-8-11-22(16)14(2)3;1-4(2)3;1-3-2/h10,14,16H,6-9,11-13H2,1-5H3,(H,20,24);4H,1-3H3;3H2,1-2H3/b15-10+;;. The summed E-state index contributed by atoms with van der Waals surface area (Å²) in [6, 6.07) is 0.147. The van der Waals surface area contributed by atoms with Gasteiger partial charge in [-0.25, -0.2) is 4.79 Å². The third-order valence-electron chi connectivity index (χ3n) is 4.62. The largest absolute Gasteiger partial charge is 0.463 e. The van der Waals surface area contributed by atoms with E-state index in [-0.39, 0.29) is 30.4 Å². The first-order valence-electron chi connectivity index (χ1n) is 12.5. The number of carbonyl (C=O) groups excluding carboxylic acids is 3. The topological polar surface area (TPSA) is 79.0 Å². The maximum absolute atomic E-state index is 12.5. The van der Waals surface area contributed by atoms with Crippen LogP contribution in [-0.4, -0.2) is 73.0 Å². The number of hydrogen-bond donors (Lipinski definition) is 1. The van der Waals surface area contributed by atoms with Crippen LogP contribution in [0, 0.1) is 5.92 Å². The van der Waals surface area contributed by atoms with Gasteiger partial charge in [0.1, 0.15) is 0 Å². The van der Waals surface area contributed by atoms with E-state index in [1.54, 1.807) is 27.0 Å². The molecule has 2 amide bonds. The lowest BCUT2D eigenvalue weighted by molar-refractivity contribution is -0.138. The van der Waals surface area contributed by atoms with Crippen LogP contribution < -0.4 is 5.32 Å². The molecule has 0 aromatic heterocycles. The van der Waals surface area contributed by atoms with Gasteiger partial charge in [-0.2, -0.15) is 0 Å². The van der Waals surface area contributed by atoms with Crippen LogP contribution in [0.3, 0.4) is 0 Å². The lowest BCUT2D eigenvalue weighted by atomic mass is 9.99. The molecule has 0 aliphatic carbocycles. The van der Waals surface area contributed by atoms with Gasteiger partial charge in [0, 0.05) is 25.2 Å². The van der Waals surface area contributed by atoms with Crippen LogP contribution in [0.25, 0.3) is 0 Å². The maximum atomic E-state index is 12.5. The first-order valence-corrected chi connectivity index (χ1v) is 12.5. The first-order chi connectivity index (χ1) is 15.4. The van der Waals surface area contributed by atoms with E-state index in [1.807, 2.05) is 0 Å². The Morgan fingerprint density at radius 1 is 1.09 bits per heavy atom. The molecule has 194 valence electrons. The van der Waals surface area contributed by atoms with Crippen molar-refractivity contribution < 1.29 is 19.1 Å². The number of carbonyl (C=O) groups is 3. The summed E-state index contributed by atoms with van der Waals surface area (Å²) in [7, 11) is 1.64. The van der Waals surface area contributed by atoms with E-state index in [2.05, 4.69) is 58.7 Å². The van der Waals surface area contributed by atoms with Gasteiger partial charge in [-0.05, 0) is 53.0 Å². The molecule has 7 heteroatoms. The highest BCUT2D eigenvalue weighted by Gasteiger charge is 2.30. The number of esters is 1. The fourth-order valence-electron chi connectivity index (χ4n) is 2.97. The van der Waals surface area contributed by atoms with E-state index in [9.17, 15) is 14.4 Å². The lowest BCUT2D eigenvalue weighted by Gasteiger charge is -2.37. The predicted octanol–water partition coefficient (Wildman–Crippen LogP) is 4.41. The van der Waals surface area contributed by atoms with Crippen molar-refractivity contribution in [2.24, 2.45) is 5.92 Å². The van der Waals surface area contributed by atoms with Crippen LogP contribution in [0.15, 0.2) is 11.6 Å². The van der Waals surface area contributed by atoms with Crippen molar-refractivity contribution in [3.8, 4) is 0 Å². The van der Waals surface area contributed by atoms with Crippen LogP contribution in [0.1, 0.15) is 88.0 Å². The number of nitrogens with one attached hydrogen (secondary N) is 1. The summed E-state index contributed by atoms with van der Waals surface area (Å²) in [6.07, 6.45) is 5.87. The second-order valence-electron chi connectivity index (χ2n) is 9.38. The molecule has 1 fully saturated rings. The van der Waals surface area contributed by atoms with Crippen molar-refractivity contribution in [2.45, 2.75) is 100 Å². The Bertz CT molecular complexity index is 585. The van der Waals surface area contributed by atoms with Crippen molar-refractivity contribution in [3.05, 3.63) is 11.6 Å². The molecule has 1 saturated heterocycles. The van der Waals surface area contributed by atoms with E-state index in [0.29, 0.717) is 24.8 Å². The van der Waals surface area contributed by atoms with Crippen molar-refractivity contribution in [2.75, 3.05) is 33.3 Å². The number of likely N-dealkylation sites (N-methyl/N-ethyl adjacent to an activating group) is 1. The average Bonchev–Trinajstić information content (AvgIpc) is 2.75. The fourth-order valence-corrected chi connectivity index (χ4v) is 2.97. The summed E-state index contributed by atoms with van der Waals surface area (Å²) in [5, 5.41) is 2.76. The summed E-state index contributed by atoms with van der Waals surface area (Å²) in [5.74, 6) is 0.171. The summed E-state index contributed by atoms with van der Waals surface area (Å²) < 4.78 is 4.90. The highest BCUT2D eigenvalue weighted by molar-refractivity contribution is 5.89. The average molecular weight is 470 g/mol. The molecule has 0 aromatic carbocycles. The van der Waals surface area contributed by atoms with E-state index >= 15 is 0 Å². The van der Waals surface area contributed by atoms with Crippen molar-refractivity contribution >= 4 is 17.8 Å². The van der Waals surface area contributed by atoms with Crippen LogP contribution in [-0.2, 0) is 19.1 Å². The van der Waals surface area contributed by atoms with Crippen LogP contribution in [0.2, 0.25) is 0 Å². The third kappa shape index (κ3) is 16.4. The number of rotatable bonds is 8. The minimum atomic E-state index is -0.382. The molecule has 1 unspecified atom stereocenters. The summed E-state index contributed by atoms with van der Waals surface area (Å²) >= 11 is 0. The molecular weight excluding hydrogens is 418 g/mol. The van der Waals surface area contributed by atoms with E-state index in [0.717, 1.165) is 31.7 Å². The Kier molecular flexibility index (Phi) is 19.7.